The third-order valence-electron chi connectivity index (χ3n) is 4.78. The van der Waals surface area contributed by atoms with Crippen LogP contribution in [0, 0.1) is 0 Å². The first-order valence-corrected chi connectivity index (χ1v) is 10.9. The largest absolute Gasteiger partial charge is 0.486 e. The molecule has 2 aromatic carbocycles. The highest BCUT2D eigenvalue weighted by Gasteiger charge is 2.25. The highest BCUT2D eigenvalue weighted by atomic mass is 32.2. The molecule has 1 aliphatic rings. The lowest BCUT2D eigenvalue weighted by molar-refractivity contribution is 0.171. The van der Waals surface area contributed by atoms with Crippen LogP contribution in [0.2, 0.25) is 0 Å². The third kappa shape index (κ3) is 5.47. The number of hydrogen-bond acceptors (Lipinski definition) is 4. The lowest BCUT2D eigenvalue weighted by atomic mass is 9.84. The Morgan fingerprint density at radius 3 is 2.44 bits per heavy atom. The molecule has 0 radical (unpaired) electrons. The van der Waals surface area contributed by atoms with Gasteiger partial charge in [-0.2, -0.15) is 0 Å². The quantitative estimate of drug-likeness (QED) is 0.752. The third-order valence-corrected chi connectivity index (χ3v) is 6.19. The molecule has 0 bridgehead atoms. The number of ether oxygens (including phenoxy) is 2. The maximum Gasteiger partial charge on any atom is 0.211 e. The molecule has 5 nitrogen and oxygen atoms in total. The molecule has 1 aliphatic heterocycles. The predicted molar refractivity (Wildman–Crippen MR) is 107 cm³/mol. The summed E-state index contributed by atoms with van der Waals surface area (Å²) in [5, 5.41) is 0. The van der Waals surface area contributed by atoms with Gasteiger partial charge in [0.1, 0.15) is 13.2 Å². The first-order chi connectivity index (χ1) is 12.9. The van der Waals surface area contributed by atoms with Crippen molar-refractivity contribution in [1.29, 1.82) is 0 Å². The molecule has 0 spiro atoms. The van der Waals surface area contributed by atoms with Gasteiger partial charge in [0.25, 0.3) is 0 Å². The average molecular weight is 390 g/mol. The Morgan fingerprint density at radius 1 is 1.00 bits per heavy atom. The van der Waals surface area contributed by atoms with Crippen LogP contribution in [-0.2, 0) is 21.9 Å². The summed E-state index contributed by atoms with van der Waals surface area (Å²) >= 11 is 0. The van der Waals surface area contributed by atoms with Crippen LogP contribution in [0.5, 0.6) is 11.5 Å². The number of aryl methyl sites for hydroxylation is 1. The average Bonchev–Trinajstić information content (AvgIpc) is 2.67. The molecule has 1 heterocycles. The van der Waals surface area contributed by atoms with E-state index < -0.39 is 10.0 Å². The van der Waals surface area contributed by atoms with Crippen LogP contribution >= 0.6 is 0 Å². The van der Waals surface area contributed by atoms with Gasteiger partial charge in [-0.15, -0.1) is 0 Å². The lowest BCUT2D eigenvalue weighted by Gasteiger charge is -2.27. The standard InChI is InChI=1S/C21H27NO4S/c1-21(2,18-10-11-19-20(15-18)26-13-12-25-19)16-22-27(23,24)14-6-9-17-7-4-3-5-8-17/h3-5,7-8,10-11,15,22H,6,9,12-14,16H2,1-2H3. The molecule has 0 unspecified atom stereocenters. The number of rotatable bonds is 8. The molecule has 0 saturated heterocycles. The van der Waals surface area contributed by atoms with E-state index in [-0.39, 0.29) is 11.2 Å². The smallest absolute Gasteiger partial charge is 0.211 e. The van der Waals surface area contributed by atoms with Gasteiger partial charge in [0.05, 0.1) is 5.75 Å². The Bertz CT molecular complexity index is 863. The summed E-state index contributed by atoms with van der Waals surface area (Å²) in [4.78, 5) is 0. The Kier molecular flexibility index (Phi) is 6.07. The minimum Gasteiger partial charge on any atom is -0.486 e. The van der Waals surface area contributed by atoms with Crippen molar-refractivity contribution in [3.63, 3.8) is 0 Å². The van der Waals surface area contributed by atoms with E-state index in [1.165, 1.54) is 0 Å². The maximum absolute atomic E-state index is 12.4. The van der Waals surface area contributed by atoms with Crippen molar-refractivity contribution in [2.24, 2.45) is 0 Å². The molecule has 0 amide bonds. The van der Waals surface area contributed by atoms with E-state index in [1.807, 2.05) is 62.4 Å². The molecule has 0 aromatic heterocycles. The fourth-order valence-electron chi connectivity index (χ4n) is 3.04. The molecule has 0 aliphatic carbocycles. The summed E-state index contributed by atoms with van der Waals surface area (Å²) in [7, 11) is -3.32. The second-order valence-corrected chi connectivity index (χ2v) is 9.40. The summed E-state index contributed by atoms with van der Waals surface area (Å²) in [5.41, 5.74) is 1.81. The first-order valence-electron chi connectivity index (χ1n) is 9.27. The molecular formula is C21H27NO4S. The number of nitrogens with one attached hydrogen (secondary N) is 1. The van der Waals surface area contributed by atoms with E-state index in [1.54, 1.807) is 0 Å². The van der Waals surface area contributed by atoms with Gasteiger partial charge in [-0.1, -0.05) is 50.2 Å². The Morgan fingerprint density at radius 2 is 1.70 bits per heavy atom. The fourth-order valence-corrected chi connectivity index (χ4v) is 4.29. The van der Waals surface area contributed by atoms with Crippen LogP contribution < -0.4 is 14.2 Å². The molecule has 0 atom stereocenters. The van der Waals surface area contributed by atoms with Crippen molar-refractivity contribution in [2.75, 3.05) is 25.5 Å². The number of fused-ring (bicyclic) bond motifs is 1. The van der Waals surface area contributed by atoms with E-state index in [0.29, 0.717) is 26.2 Å². The number of hydrogen-bond donors (Lipinski definition) is 1. The van der Waals surface area contributed by atoms with E-state index >= 15 is 0 Å². The fraction of sp³-hybridized carbons (Fsp3) is 0.429. The van der Waals surface area contributed by atoms with Crippen molar-refractivity contribution < 1.29 is 17.9 Å². The summed E-state index contributed by atoms with van der Waals surface area (Å²) in [5.74, 6) is 1.58. The molecule has 1 N–H and O–H groups in total. The van der Waals surface area contributed by atoms with Gasteiger partial charge in [0, 0.05) is 12.0 Å². The van der Waals surface area contributed by atoms with Crippen molar-refractivity contribution in [3.05, 3.63) is 59.7 Å². The maximum atomic E-state index is 12.4. The minimum atomic E-state index is -3.32. The van der Waals surface area contributed by atoms with Gasteiger partial charge >= 0.3 is 0 Å². The van der Waals surface area contributed by atoms with Crippen molar-refractivity contribution in [1.82, 2.24) is 4.72 Å². The monoisotopic (exact) mass is 389 g/mol. The van der Waals surface area contributed by atoms with Crippen LogP contribution in [0.25, 0.3) is 0 Å². The van der Waals surface area contributed by atoms with Crippen LogP contribution in [0.1, 0.15) is 31.4 Å². The van der Waals surface area contributed by atoms with E-state index in [4.69, 9.17) is 9.47 Å². The molecular weight excluding hydrogens is 362 g/mol. The van der Waals surface area contributed by atoms with Crippen LogP contribution in [0.15, 0.2) is 48.5 Å². The Balaban J connectivity index is 1.55. The molecule has 0 fully saturated rings. The SMILES string of the molecule is CC(C)(CNS(=O)(=O)CCCc1ccccc1)c1ccc2c(c1)OCCO2. The zero-order valence-corrected chi connectivity index (χ0v) is 16.7. The predicted octanol–water partition coefficient (Wildman–Crippen LogP) is 3.29. The zero-order chi connectivity index (χ0) is 19.3. The molecule has 2 aromatic rings. The van der Waals surface area contributed by atoms with Gasteiger partial charge in [0.15, 0.2) is 11.5 Å². The van der Waals surface area contributed by atoms with Crippen LogP contribution in [-0.4, -0.2) is 33.9 Å². The van der Waals surface area contributed by atoms with Crippen molar-refractivity contribution in [2.45, 2.75) is 32.1 Å². The zero-order valence-electron chi connectivity index (χ0n) is 15.9. The molecule has 3 rings (SSSR count). The molecule has 6 heteroatoms. The van der Waals surface area contributed by atoms with Crippen LogP contribution in [0.4, 0.5) is 0 Å². The highest BCUT2D eigenvalue weighted by Crippen LogP contribution is 2.35. The molecule has 0 saturated carbocycles. The summed E-state index contributed by atoms with van der Waals surface area (Å²) in [6.45, 7) is 5.46. The normalized spacial score (nSPS) is 14.1. The number of sulfonamides is 1. The van der Waals surface area contributed by atoms with Gasteiger partial charge in [-0.25, -0.2) is 13.1 Å². The number of benzene rings is 2. The first kappa shape index (κ1) is 19.7. The van der Waals surface area contributed by atoms with E-state index in [9.17, 15) is 8.42 Å². The van der Waals surface area contributed by atoms with Crippen molar-refractivity contribution in [3.8, 4) is 11.5 Å². The van der Waals surface area contributed by atoms with Gasteiger partial charge < -0.3 is 9.47 Å². The molecule has 146 valence electrons. The van der Waals surface area contributed by atoms with E-state index in [2.05, 4.69) is 4.72 Å². The second kappa shape index (κ2) is 8.31. The second-order valence-electron chi connectivity index (χ2n) is 7.47. The highest BCUT2D eigenvalue weighted by molar-refractivity contribution is 7.89. The summed E-state index contributed by atoms with van der Waals surface area (Å²) < 4.78 is 38.7. The molecule has 27 heavy (non-hydrogen) atoms. The summed E-state index contributed by atoms with van der Waals surface area (Å²) in [6.07, 6.45) is 1.36. The van der Waals surface area contributed by atoms with Gasteiger partial charge in [0.2, 0.25) is 10.0 Å². The lowest BCUT2D eigenvalue weighted by Crippen LogP contribution is -2.38. The van der Waals surface area contributed by atoms with Gasteiger partial charge in [-0.05, 0) is 36.1 Å². The van der Waals surface area contributed by atoms with Crippen molar-refractivity contribution >= 4 is 10.0 Å². The van der Waals surface area contributed by atoms with E-state index in [0.717, 1.165) is 29.0 Å². The Hall–Kier alpha value is -2.05. The topological polar surface area (TPSA) is 64.6 Å². The minimum absolute atomic E-state index is 0.124. The van der Waals surface area contributed by atoms with Gasteiger partial charge in [-0.3, -0.25) is 0 Å². The van der Waals surface area contributed by atoms with Crippen LogP contribution in [0.3, 0.4) is 0 Å². The summed E-state index contributed by atoms with van der Waals surface area (Å²) in [6, 6.07) is 15.7. The Labute approximate surface area is 161 Å².